The fourth-order valence-corrected chi connectivity index (χ4v) is 1.35. The van der Waals surface area contributed by atoms with Crippen LogP contribution in [0.3, 0.4) is 0 Å². The molecule has 2 atom stereocenters. The maximum Gasteiger partial charge on any atom is 0.243 e. The summed E-state index contributed by atoms with van der Waals surface area (Å²) in [4.78, 5) is 4.22. The van der Waals surface area contributed by atoms with Crippen molar-refractivity contribution in [2.45, 2.75) is 31.9 Å². The number of hydrogen-bond acceptors (Lipinski definition) is 6. The van der Waals surface area contributed by atoms with Gasteiger partial charge in [-0.2, -0.15) is 4.98 Å². The molecule has 0 spiro atoms. The predicted octanol–water partition coefficient (Wildman–Crippen LogP) is 1.20. The highest BCUT2D eigenvalue weighted by Gasteiger charge is 2.19. The SMILES string of the molecule is CCC(OC)c1noc(C(N)CCOC)n1. The Bertz CT molecular complexity index is 299. The molecule has 0 radical (unpaired) electrons. The van der Waals surface area contributed by atoms with Crippen LogP contribution in [0.1, 0.15) is 43.6 Å². The maximum atomic E-state index is 5.86. The number of aromatic nitrogens is 2. The van der Waals surface area contributed by atoms with E-state index in [9.17, 15) is 0 Å². The van der Waals surface area contributed by atoms with Crippen LogP contribution in [-0.4, -0.2) is 31.0 Å². The van der Waals surface area contributed by atoms with E-state index < -0.39 is 0 Å². The van der Waals surface area contributed by atoms with Gasteiger partial charge in [0, 0.05) is 20.8 Å². The number of nitrogens with two attached hydrogens (primary N) is 1. The van der Waals surface area contributed by atoms with E-state index in [1.165, 1.54) is 0 Å². The number of methoxy groups -OCH3 is 2. The second-order valence-electron chi connectivity index (χ2n) is 3.51. The van der Waals surface area contributed by atoms with Gasteiger partial charge in [-0.15, -0.1) is 0 Å². The molecule has 0 aliphatic heterocycles. The van der Waals surface area contributed by atoms with E-state index in [1.54, 1.807) is 14.2 Å². The van der Waals surface area contributed by atoms with Gasteiger partial charge in [0.05, 0.1) is 6.04 Å². The van der Waals surface area contributed by atoms with Crippen LogP contribution in [-0.2, 0) is 9.47 Å². The van der Waals surface area contributed by atoms with Gasteiger partial charge in [-0.25, -0.2) is 0 Å². The van der Waals surface area contributed by atoms with Gasteiger partial charge in [-0.1, -0.05) is 12.1 Å². The lowest BCUT2D eigenvalue weighted by molar-refractivity contribution is 0.0903. The molecule has 16 heavy (non-hydrogen) atoms. The summed E-state index contributed by atoms with van der Waals surface area (Å²) < 4.78 is 15.2. The van der Waals surface area contributed by atoms with Crippen LogP contribution in [0.25, 0.3) is 0 Å². The van der Waals surface area contributed by atoms with Crippen LogP contribution in [0.4, 0.5) is 0 Å². The molecule has 1 heterocycles. The Balaban J connectivity index is 2.62. The van der Waals surface area contributed by atoms with E-state index in [0.29, 0.717) is 24.7 Å². The fraction of sp³-hybridized carbons (Fsp3) is 0.800. The van der Waals surface area contributed by atoms with Crippen LogP contribution in [0.5, 0.6) is 0 Å². The monoisotopic (exact) mass is 229 g/mol. The average molecular weight is 229 g/mol. The van der Waals surface area contributed by atoms with Crippen LogP contribution in [0.15, 0.2) is 4.52 Å². The van der Waals surface area contributed by atoms with Gasteiger partial charge < -0.3 is 19.7 Å². The largest absolute Gasteiger partial charge is 0.385 e. The average Bonchev–Trinajstić information content (AvgIpc) is 2.77. The van der Waals surface area contributed by atoms with E-state index in [2.05, 4.69) is 10.1 Å². The van der Waals surface area contributed by atoms with Crippen LogP contribution < -0.4 is 5.73 Å². The molecule has 6 heteroatoms. The van der Waals surface area contributed by atoms with Crippen molar-refractivity contribution < 1.29 is 14.0 Å². The highest BCUT2D eigenvalue weighted by Crippen LogP contribution is 2.19. The highest BCUT2D eigenvalue weighted by atomic mass is 16.5. The Hall–Kier alpha value is -0.980. The zero-order valence-corrected chi connectivity index (χ0v) is 9.97. The molecule has 0 aliphatic carbocycles. The molecule has 0 amide bonds. The first kappa shape index (κ1) is 13.1. The maximum absolute atomic E-state index is 5.86. The summed E-state index contributed by atoms with van der Waals surface area (Å²) in [6, 6.07) is -0.282. The van der Waals surface area contributed by atoms with Gasteiger partial charge >= 0.3 is 0 Å². The van der Waals surface area contributed by atoms with Crippen LogP contribution in [0, 0.1) is 0 Å². The molecule has 0 fully saturated rings. The minimum absolute atomic E-state index is 0.132. The van der Waals surface area contributed by atoms with E-state index in [1.807, 2.05) is 6.92 Å². The third-order valence-corrected chi connectivity index (χ3v) is 2.35. The number of hydrogen-bond donors (Lipinski definition) is 1. The zero-order chi connectivity index (χ0) is 12.0. The summed E-state index contributed by atoms with van der Waals surface area (Å²) in [5.74, 6) is 0.982. The van der Waals surface area contributed by atoms with Crippen molar-refractivity contribution in [3.63, 3.8) is 0 Å². The second kappa shape index (κ2) is 6.57. The summed E-state index contributed by atoms with van der Waals surface area (Å²) in [6.07, 6.45) is 1.32. The summed E-state index contributed by atoms with van der Waals surface area (Å²) in [6.45, 7) is 2.56. The first-order valence-corrected chi connectivity index (χ1v) is 5.33. The molecule has 1 rings (SSSR count). The topological polar surface area (TPSA) is 83.4 Å². The highest BCUT2D eigenvalue weighted by molar-refractivity contribution is 4.94. The third kappa shape index (κ3) is 3.26. The van der Waals surface area contributed by atoms with E-state index in [0.717, 1.165) is 6.42 Å². The van der Waals surface area contributed by atoms with Gasteiger partial charge in [0.2, 0.25) is 11.7 Å². The lowest BCUT2D eigenvalue weighted by Gasteiger charge is -2.07. The molecule has 92 valence electrons. The Kier molecular flexibility index (Phi) is 5.37. The van der Waals surface area contributed by atoms with Crippen molar-refractivity contribution in [1.82, 2.24) is 10.1 Å². The standard InChI is InChI=1S/C10H19N3O3/c1-4-8(15-3)9-12-10(16-13-9)7(11)5-6-14-2/h7-8H,4-6,11H2,1-3H3. The molecule has 0 aliphatic rings. The number of nitrogens with zero attached hydrogens (tertiary/aromatic N) is 2. The van der Waals surface area contributed by atoms with E-state index in [4.69, 9.17) is 19.7 Å². The molecule has 6 nitrogen and oxygen atoms in total. The molecule has 0 saturated heterocycles. The van der Waals surface area contributed by atoms with Gasteiger partial charge in [0.25, 0.3) is 0 Å². The lowest BCUT2D eigenvalue weighted by atomic mass is 10.2. The summed E-state index contributed by atoms with van der Waals surface area (Å²) in [5.41, 5.74) is 5.86. The van der Waals surface area contributed by atoms with Crippen LogP contribution >= 0.6 is 0 Å². The molecule has 1 aromatic rings. The molecule has 1 aromatic heterocycles. The molecule has 2 N–H and O–H groups in total. The Morgan fingerprint density at radius 2 is 2.19 bits per heavy atom. The summed E-state index contributed by atoms with van der Waals surface area (Å²) in [7, 11) is 3.25. The number of ether oxygens (including phenoxy) is 2. The molecular formula is C10H19N3O3. The minimum Gasteiger partial charge on any atom is -0.385 e. The normalized spacial score (nSPS) is 15.0. The first-order chi connectivity index (χ1) is 7.72. The summed E-state index contributed by atoms with van der Waals surface area (Å²) in [5, 5.41) is 3.86. The van der Waals surface area contributed by atoms with Gasteiger partial charge in [0.1, 0.15) is 6.10 Å². The molecule has 0 aromatic carbocycles. The quantitative estimate of drug-likeness (QED) is 0.756. The van der Waals surface area contributed by atoms with Crippen molar-refractivity contribution in [2.24, 2.45) is 5.73 Å². The van der Waals surface area contributed by atoms with Crippen molar-refractivity contribution in [2.75, 3.05) is 20.8 Å². The van der Waals surface area contributed by atoms with Crippen molar-refractivity contribution >= 4 is 0 Å². The zero-order valence-electron chi connectivity index (χ0n) is 9.97. The van der Waals surface area contributed by atoms with Gasteiger partial charge in [-0.3, -0.25) is 0 Å². The van der Waals surface area contributed by atoms with Crippen molar-refractivity contribution in [3.8, 4) is 0 Å². The van der Waals surface area contributed by atoms with Crippen molar-refractivity contribution in [1.29, 1.82) is 0 Å². The second-order valence-corrected chi connectivity index (χ2v) is 3.51. The van der Waals surface area contributed by atoms with Crippen LogP contribution in [0.2, 0.25) is 0 Å². The Morgan fingerprint density at radius 1 is 1.44 bits per heavy atom. The van der Waals surface area contributed by atoms with Crippen molar-refractivity contribution in [3.05, 3.63) is 11.7 Å². The third-order valence-electron chi connectivity index (χ3n) is 2.35. The first-order valence-electron chi connectivity index (χ1n) is 5.33. The van der Waals surface area contributed by atoms with Gasteiger partial charge in [-0.05, 0) is 12.8 Å². The Morgan fingerprint density at radius 3 is 2.75 bits per heavy atom. The van der Waals surface area contributed by atoms with E-state index in [-0.39, 0.29) is 12.1 Å². The van der Waals surface area contributed by atoms with Gasteiger partial charge in [0.15, 0.2) is 0 Å². The fourth-order valence-electron chi connectivity index (χ4n) is 1.35. The molecule has 0 saturated carbocycles. The number of rotatable bonds is 7. The molecule has 2 unspecified atom stereocenters. The smallest absolute Gasteiger partial charge is 0.243 e. The molecular weight excluding hydrogens is 210 g/mol. The molecule has 0 bridgehead atoms. The lowest BCUT2D eigenvalue weighted by Crippen LogP contribution is -2.13. The summed E-state index contributed by atoms with van der Waals surface area (Å²) >= 11 is 0. The minimum atomic E-state index is -0.282. The Labute approximate surface area is 95.1 Å². The predicted molar refractivity (Wildman–Crippen MR) is 57.8 cm³/mol. The van der Waals surface area contributed by atoms with E-state index >= 15 is 0 Å².